The average molecular weight is 364 g/mol. The van der Waals surface area contributed by atoms with E-state index in [-0.39, 0.29) is 5.82 Å². The second-order valence-electron chi connectivity index (χ2n) is 6.76. The van der Waals surface area contributed by atoms with Crippen LogP contribution in [0.15, 0.2) is 72.9 Å². The van der Waals surface area contributed by atoms with Gasteiger partial charge in [-0.2, -0.15) is 0 Å². The van der Waals surface area contributed by atoms with Crippen molar-refractivity contribution in [2.45, 2.75) is 19.8 Å². The Morgan fingerprint density at radius 2 is 1.58 bits per heavy atom. The summed E-state index contributed by atoms with van der Waals surface area (Å²) in [6, 6.07) is 20.9. The molecule has 3 heteroatoms. The van der Waals surface area contributed by atoms with Gasteiger partial charge in [0.2, 0.25) is 0 Å². The first-order chi connectivity index (χ1) is 12.6. The summed E-state index contributed by atoms with van der Waals surface area (Å²) in [7, 11) is 0. The zero-order chi connectivity index (χ0) is 18.3. The summed E-state index contributed by atoms with van der Waals surface area (Å²) in [5, 5.41) is 0.728. The minimum atomic E-state index is -0.231. The topological polar surface area (TPSA) is 4.41 Å². The molecule has 0 aliphatic rings. The Kier molecular flexibility index (Phi) is 4.29. The average Bonchev–Trinajstić information content (AvgIpc) is 3.11. The van der Waals surface area contributed by atoms with Crippen LogP contribution in [0.25, 0.3) is 27.8 Å². The molecule has 4 aromatic rings. The Hall–Kier alpha value is -2.58. The fourth-order valence-corrected chi connectivity index (χ4v) is 3.82. The third-order valence-electron chi connectivity index (χ3n) is 4.72. The number of nitrogens with zero attached hydrogens (tertiary/aromatic N) is 1. The summed E-state index contributed by atoms with van der Waals surface area (Å²) in [6.07, 6.45) is 2.08. The van der Waals surface area contributed by atoms with E-state index in [2.05, 4.69) is 36.6 Å². The van der Waals surface area contributed by atoms with Crippen LogP contribution in [0.2, 0.25) is 5.02 Å². The Balaban J connectivity index is 2.09. The van der Waals surface area contributed by atoms with E-state index in [1.807, 2.05) is 42.5 Å². The van der Waals surface area contributed by atoms with Gasteiger partial charge in [-0.15, -0.1) is 0 Å². The van der Waals surface area contributed by atoms with Crippen LogP contribution in [-0.2, 0) is 0 Å². The summed E-state index contributed by atoms with van der Waals surface area (Å²) < 4.78 is 15.6. The predicted octanol–water partition coefficient (Wildman–Crippen LogP) is 7.19. The highest BCUT2D eigenvalue weighted by atomic mass is 35.5. The molecule has 0 radical (unpaired) electrons. The lowest BCUT2D eigenvalue weighted by Crippen LogP contribution is -2.03. The molecule has 0 N–H and O–H groups in total. The standard InChI is InChI=1S/C23H19ClFN/c1-15(2)23-20(18-6-3-4-7-21(18)24)14-19(22-8-5-13-26(22)23)16-9-11-17(25)12-10-16/h3-15H,1-2H3. The highest BCUT2D eigenvalue weighted by Gasteiger charge is 2.18. The lowest BCUT2D eigenvalue weighted by atomic mass is 9.93. The van der Waals surface area contributed by atoms with Crippen molar-refractivity contribution >= 4 is 17.1 Å². The van der Waals surface area contributed by atoms with E-state index in [4.69, 9.17) is 11.6 Å². The van der Waals surface area contributed by atoms with Crippen molar-refractivity contribution in [1.29, 1.82) is 0 Å². The fourth-order valence-electron chi connectivity index (χ4n) is 3.58. The number of aromatic nitrogens is 1. The Labute approximate surface area is 157 Å². The lowest BCUT2D eigenvalue weighted by Gasteiger charge is -2.20. The Morgan fingerprint density at radius 3 is 2.27 bits per heavy atom. The summed E-state index contributed by atoms with van der Waals surface area (Å²) in [6.45, 7) is 4.37. The zero-order valence-electron chi connectivity index (χ0n) is 14.7. The molecule has 2 aromatic carbocycles. The molecule has 26 heavy (non-hydrogen) atoms. The molecule has 4 rings (SSSR count). The van der Waals surface area contributed by atoms with Gasteiger partial charge < -0.3 is 4.40 Å². The molecule has 0 amide bonds. The van der Waals surface area contributed by atoms with E-state index in [1.54, 1.807) is 0 Å². The van der Waals surface area contributed by atoms with Gasteiger partial charge in [-0.1, -0.05) is 55.8 Å². The van der Waals surface area contributed by atoms with E-state index in [0.717, 1.165) is 32.8 Å². The number of halogens is 2. The predicted molar refractivity (Wildman–Crippen MR) is 107 cm³/mol. The van der Waals surface area contributed by atoms with Gasteiger partial charge in [0.15, 0.2) is 0 Å². The molecule has 2 aromatic heterocycles. The molecule has 0 fully saturated rings. The number of rotatable bonds is 3. The third-order valence-corrected chi connectivity index (χ3v) is 5.04. The van der Waals surface area contributed by atoms with E-state index < -0.39 is 0 Å². The summed E-state index contributed by atoms with van der Waals surface area (Å²) in [5.74, 6) is 0.0868. The molecule has 0 unspecified atom stereocenters. The van der Waals surface area contributed by atoms with Gasteiger partial charge in [-0.25, -0.2) is 4.39 Å². The van der Waals surface area contributed by atoms with Crippen molar-refractivity contribution in [3.8, 4) is 22.3 Å². The van der Waals surface area contributed by atoms with E-state index >= 15 is 0 Å². The Morgan fingerprint density at radius 1 is 0.846 bits per heavy atom. The molecule has 0 spiro atoms. The van der Waals surface area contributed by atoms with Crippen molar-refractivity contribution < 1.29 is 4.39 Å². The van der Waals surface area contributed by atoms with Crippen molar-refractivity contribution in [1.82, 2.24) is 4.40 Å². The maximum atomic E-state index is 13.4. The van der Waals surface area contributed by atoms with Crippen LogP contribution in [0, 0.1) is 5.82 Å². The smallest absolute Gasteiger partial charge is 0.123 e. The Bertz CT molecular complexity index is 1080. The van der Waals surface area contributed by atoms with E-state index in [9.17, 15) is 4.39 Å². The quantitative estimate of drug-likeness (QED) is 0.363. The van der Waals surface area contributed by atoms with Crippen LogP contribution >= 0.6 is 11.6 Å². The maximum Gasteiger partial charge on any atom is 0.123 e. The van der Waals surface area contributed by atoms with Gasteiger partial charge >= 0.3 is 0 Å². The molecule has 2 heterocycles. The number of hydrogen-bond acceptors (Lipinski definition) is 0. The largest absolute Gasteiger partial charge is 0.319 e. The molecular formula is C23H19ClFN. The maximum absolute atomic E-state index is 13.4. The first kappa shape index (κ1) is 16.9. The van der Waals surface area contributed by atoms with Crippen LogP contribution in [0.3, 0.4) is 0 Å². The van der Waals surface area contributed by atoms with Crippen LogP contribution in [0.1, 0.15) is 25.5 Å². The number of hydrogen-bond donors (Lipinski definition) is 0. The molecule has 0 atom stereocenters. The van der Waals surface area contributed by atoms with Crippen LogP contribution in [-0.4, -0.2) is 4.40 Å². The number of benzene rings is 2. The minimum absolute atomic E-state index is 0.231. The van der Waals surface area contributed by atoms with E-state index in [0.29, 0.717) is 5.92 Å². The highest BCUT2D eigenvalue weighted by molar-refractivity contribution is 6.33. The van der Waals surface area contributed by atoms with Gasteiger partial charge in [0.1, 0.15) is 5.82 Å². The molecule has 0 aliphatic heterocycles. The second kappa shape index (κ2) is 6.62. The van der Waals surface area contributed by atoms with Gasteiger partial charge in [0.05, 0.1) is 5.52 Å². The van der Waals surface area contributed by atoms with E-state index in [1.165, 1.54) is 17.8 Å². The normalized spacial score (nSPS) is 11.4. The molecule has 0 saturated heterocycles. The zero-order valence-corrected chi connectivity index (χ0v) is 15.5. The van der Waals surface area contributed by atoms with Gasteiger partial charge in [-0.3, -0.25) is 0 Å². The highest BCUT2D eigenvalue weighted by Crippen LogP contribution is 2.39. The van der Waals surface area contributed by atoms with Gasteiger partial charge in [-0.05, 0) is 47.9 Å². The number of pyridine rings is 1. The summed E-state index contributed by atoms with van der Waals surface area (Å²) >= 11 is 6.52. The SMILES string of the molecule is CC(C)c1c(-c2ccccc2Cl)cc(-c2ccc(F)cc2)c2cccn12. The molecule has 0 bridgehead atoms. The lowest BCUT2D eigenvalue weighted by molar-refractivity contribution is 0.628. The van der Waals surface area contributed by atoms with Crippen molar-refractivity contribution in [3.63, 3.8) is 0 Å². The van der Waals surface area contributed by atoms with Gasteiger partial charge in [0, 0.05) is 33.6 Å². The molecule has 130 valence electrons. The van der Waals surface area contributed by atoms with Gasteiger partial charge in [0.25, 0.3) is 0 Å². The molecular weight excluding hydrogens is 345 g/mol. The fraction of sp³-hybridized carbons (Fsp3) is 0.130. The van der Waals surface area contributed by atoms with Crippen molar-refractivity contribution in [3.05, 3.63) is 89.5 Å². The minimum Gasteiger partial charge on any atom is -0.319 e. The van der Waals surface area contributed by atoms with Crippen LogP contribution < -0.4 is 0 Å². The molecule has 0 saturated carbocycles. The third kappa shape index (κ3) is 2.81. The van der Waals surface area contributed by atoms with Crippen LogP contribution in [0.5, 0.6) is 0 Å². The van der Waals surface area contributed by atoms with Crippen molar-refractivity contribution in [2.75, 3.05) is 0 Å². The number of fused-ring (bicyclic) bond motifs is 1. The monoisotopic (exact) mass is 363 g/mol. The first-order valence-electron chi connectivity index (χ1n) is 8.71. The second-order valence-corrected chi connectivity index (χ2v) is 7.17. The summed E-state index contributed by atoms with van der Waals surface area (Å²) in [4.78, 5) is 0. The summed E-state index contributed by atoms with van der Waals surface area (Å²) in [5.41, 5.74) is 6.48. The first-order valence-corrected chi connectivity index (χ1v) is 9.09. The molecule has 1 nitrogen and oxygen atoms in total. The molecule has 0 aliphatic carbocycles. The van der Waals surface area contributed by atoms with Crippen LogP contribution in [0.4, 0.5) is 4.39 Å². The van der Waals surface area contributed by atoms with Crippen molar-refractivity contribution in [2.24, 2.45) is 0 Å².